The van der Waals surface area contributed by atoms with Crippen LogP contribution in [0.15, 0.2) is 24.0 Å². The molecule has 0 radical (unpaired) electrons. The highest BCUT2D eigenvalue weighted by molar-refractivity contribution is 5.82. The number of hydrogen-bond acceptors (Lipinski definition) is 10. The first-order chi connectivity index (χ1) is 19.3. The Labute approximate surface area is 239 Å². The van der Waals surface area contributed by atoms with E-state index in [4.69, 9.17) is 23.7 Å². The zero-order valence-electron chi connectivity index (χ0n) is 24.6. The highest BCUT2D eigenvalue weighted by Crippen LogP contribution is 2.65. The van der Waals surface area contributed by atoms with E-state index in [0.29, 0.717) is 24.3 Å². The van der Waals surface area contributed by atoms with Crippen molar-refractivity contribution in [3.63, 3.8) is 0 Å². The van der Waals surface area contributed by atoms with Crippen LogP contribution in [-0.4, -0.2) is 104 Å². The number of rotatable bonds is 6. The second-order valence-electron chi connectivity index (χ2n) is 12.2. The molecular formula is C29H39N3O9. The first-order valence-corrected chi connectivity index (χ1v) is 13.8. The largest absolute Gasteiger partial charge is 0.493 e. The van der Waals surface area contributed by atoms with Gasteiger partial charge in [0.2, 0.25) is 0 Å². The molecule has 1 aromatic rings. The number of ether oxygens (including phenoxy) is 5. The molecular weight excluding hydrogens is 534 g/mol. The van der Waals surface area contributed by atoms with Gasteiger partial charge >= 0.3 is 18.2 Å². The number of likely N-dealkylation sites (tertiary alicyclic amines) is 1. The summed E-state index contributed by atoms with van der Waals surface area (Å²) in [6.07, 6.45) is 0.847. The molecule has 1 spiro atoms. The van der Waals surface area contributed by atoms with Crippen molar-refractivity contribution < 1.29 is 43.2 Å². The summed E-state index contributed by atoms with van der Waals surface area (Å²) in [5.41, 5.74) is -0.739. The third kappa shape index (κ3) is 4.47. The number of piperidine rings is 1. The van der Waals surface area contributed by atoms with Crippen molar-refractivity contribution in [1.82, 2.24) is 15.1 Å². The van der Waals surface area contributed by atoms with E-state index < -0.39 is 46.9 Å². The maximum atomic E-state index is 13.5. The van der Waals surface area contributed by atoms with Gasteiger partial charge in [0.15, 0.2) is 17.6 Å². The van der Waals surface area contributed by atoms with Crippen molar-refractivity contribution in [2.24, 2.45) is 0 Å². The van der Waals surface area contributed by atoms with Crippen LogP contribution in [0, 0.1) is 0 Å². The molecule has 2 aliphatic heterocycles. The SMILES string of the molecule is COC(=O)C(CNC(=O)OC(C)(C)C)N(C)C(=O)OC1=CCC2(O)C3Cc4ccc(OC)c5c4C2(CCN3C)C1O5. The summed E-state index contributed by atoms with van der Waals surface area (Å²) in [5.74, 6) is 0.622. The van der Waals surface area contributed by atoms with Crippen LogP contribution in [0.4, 0.5) is 9.59 Å². The number of hydrogen-bond donors (Lipinski definition) is 2. The molecule has 1 aromatic carbocycles. The zero-order chi connectivity index (χ0) is 29.9. The van der Waals surface area contributed by atoms with Gasteiger partial charge in [-0.3, -0.25) is 4.90 Å². The predicted molar refractivity (Wildman–Crippen MR) is 146 cm³/mol. The average molecular weight is 574 g/mol. The fourth-order valence-electron chi connectivity index (χ4n) is 6.90. The van der Waals surface area contributed by atoms with Crippen molar-refractivity contribution in [2.75, 3.05) is 41.4 Å². The van der Waals surface area contributed by atoms with E-state index in [1.807, 2.05) is 19.2 Å². The van der Waals surface area contributed by atoms with E-state index in [-0.39, 0.29) is 24.8 Å². The van der Waals surface area contributed by atoms with E-state index in [2.05, 4.69) is 10.2 Å². The molecule has 2 aliphatic carbocycles. The van der Waals surface area contributed by atoms with Crippen LogP contribution in [-0.2, 0) is 30.8 Å². The zero-order valence-corrected chi connectivity index (χ0v) is 24.6. The Kier molecular flexibility index (Phi) is 7.14. The van der Waals surface area contributed by atoms with E-state index in [1.54, 1.807) is 34.0 Å². The Bertz CT molecular complexity index is 1290. The van der Waals surface area contributed by atoms with Crippen molar-refractivity contribution in [2.45, 2.75) is 74.8 Å². The molecule has 5 rings (SSSR count). The van der Waals surface area contributed by atoms with Gasteiger partial charge in [0.25, 0.3) is 0 Å². The molecule has 2 amide bonds. The third-order valence-electron chi connectivity index (χ3n) is 8.83. The van der Waals surface area contributed by atoms with Gasteiger partial charge in [-0.25, -0.2) is 14.4 Å². The van der Waals surface area contributed by atoms with Crippen LogP contribution < -0.4 is 14.8 Å². The van der Waals surface area contributed by atoms with E-state index in [1.165, 1.54) is 14.2 Å². The van der Waals surface area contributed by atoms with Crippen molar-refractivity contribution in [3.8, 4) is 11.5 Å². The van der Waals surface area contributed by atoms with Gasteiger partial charge in [-0.1, -0.05) is 6.07 Å². The van der Waals surface area contributed by atoms with Crippen LogP contribution in [0.2, 0.25) is 0 Å². The standard InChI is InChI=1S/C29H39N3O9/c1-27(2,3)41-25(34)30-15-17(24(33)38-7)32(5)26(35)39-19-10-11-29(36)20-14-16-8-9-18(37-6)22-21(16)28(29,23(19)40-22)12-13-31(20)4/h8-10,17,20,23,36H,11-15H2,1-7H3,(H,30,34). The topological polar surface area (TPSA) is 136 Å². The molecule has 41 heavy (non-hydrogen) atoms. The molecule has 2 heterocycles. The maximum absolute atomic E-state index is 13.5. The molecule has 2 N–H and O–H groups in total. The minimum Gasteiger partial charge on any atom is -0.493 e. The number of aliphatic hydroxyl groups is 1. The van der Waals surface area contributed by atoms with Crippen LogP contribution in [0.25, 0.3) is 0 Å². The number of likely N-dealkylation sites (N-methyl/N-ethyl adjacent to an activating group) is 2. The molecule has 5 unspecified atom stereocenters. The summed E-state index contributed by atoms with van der Waals surface area (Å²) in [6.45, 7) is 5.62. The van der Waals surface area contributed by atoms with Crippen molar-refractivity contribution in [3.05, 3.63) is 35.1 Å². The highest BCUT2D eigenvalue weighted by atomic mass is 16.6. The summed E-state index contributed by atoms with van der Waals surface area (Å²) in [4.78, 5) is 41.5. The van der Waals surface area contributed by atoms with Gasteiger partial charge in [0.1, 0.15) is 17.4 Å². The molecule has 4 aliphatic rings. The van der Waals surface area contributed by atoms with Crippen molar-refractivity contribution >= 4 is 18.2 Å². The fourth-order valence-corrected chi connectivity index (χ4v) is 6.90. The number of carbonyl (C=O) groups excluding carboxylic acids is 3. The van der Waals surface area contributed by atoms with Crippen molar-refractivity contribution in [1.29, 1.82) is 0 Å². The smallest absolute Gasteiger partial charge is 0.415 e. The van der Waals surface area contributed by atoms with Gasteiger partial charge in [0, 0.05) is 25.1 Å². The van der Waals surface area contributed by atoms with E-state index >= 15 is 0 Å². The molecule has 224 valence electrons. The third-order valence-corrected chi connectivity index (χ3v) is 8.83. The summed E-state index contributed by atoms with van der Waals surface area (Å²) < 4.78 is 28.2. The normalized spacial score (nSPS) is 28.3. The number of nitrogens with one attached hydrogen (secondary N) is 1. The minimum atomic E-state index is -1.19. The van der Waals surface area contributed by atoms with Crippen LogP contribution in [0.1, 0.15) is 44.7 Å². The summed E-state index contributed by atoms with van der Waals surface area (Å²) in [6, 6.07) is 2.56. The molecule has 12 heteroatoms. The first kappa shape index (κ1) is 29.0. The van der Waals surface area contributed by atoms with Crippen LogP contribution in [0.3, 0.4) is 0 Å². The van der Waals surface area contributed by atoms with E-state index in [0.717, 1.165) is 22.6 Å². The summed E-state index contributed by atoms with van der Waals surface area (Å²) in [5, 5.41) is 14.8. The monoisotopic (exact) mass is 573 g/mol. The number of methoxy groups -OCH3 is 2. The van der Waals surface area contributed by atoms with Gasteiger partial charge in [-0.05, 0) is 64.9 Å². The van der Waals surface area contributed by atoms with Gasteiger partial charge < -0.3 is 39.0 Å². The lowest BCUT2D eigenvalue weighted by Gasteiger charge is -2.61. The minimum absolute atomic E-state index is 0.145. The molecule has 5 atom stereocenters. The molecule has 0 aromatic heterocycles. The van der Waals surface area contributed by atoms with Crippen LogP contribution >= 0.6 is 0 Å². The average Bonchev–Trinajstić information content (AvgIpc) is 3.26. The van der Waals surface area contributed by atoms with Gasteiger partial charge in [-0.15, -0.1) is 0 Å². The lowest BCUT2D eigenvalue weighted by molar-refractivity contribution is -0.163. The van der Waals surface area contributed by atoms with Gasteiger partial charge in [-0.2, -0.15) is 0 Å². The predicted octanol–water partition coefficient (Wildman–Crippen LogP) is 2.11. The number of carbonyl (C=O) groups is 3. The molecule has 0 saturated carbocycles. The second-order valence-corrected chi connectivity index (χ2v) is 12.2. The summed E-state index contributed by atoms with van der Waals surface area (Å²) in [7, 11) is 6.16. The molecule has 2 bridgehead atoms. The number of benzene rings is 1. The number of alkyl carbamates (subject to hydrolysis) is 1. The fraction of sp³-hybridized carbons (Fsp3) is 0.621. The Hall–Kier alpha value is -3.51. The number of esters is 1. The maximum Gasteiger partial charge on any atom is 0.415 e. The lowest BCUT2D eigenvalue weighted by Crippen LogP contribution is -2.74. The molecule has 12 nitrogen and oxygen atoms in total. The van der Waals surface area contributed by atoms with Gasteiger partial charge in [0.05, 0.1) is 31.8 Å². The summed E-state index contributed by atoms with van der Waals surface area (Å²) >= 11 is 0. The lowest BCUT2D eigenvalue weighted by atomic mass is 9.50. The second kappa shape index (κ2) is 10.1. The highest BCUT2D eigenvalue weighted by Gasteiger charge is 2.72. The Morgan fingerprint density at radius 2 is 2.00 bits per heavy atom. The number of amides is 2. The molecule has 1 saturated heterocycles. The first-order valence-electron chi connectivity index (χ1n) is 13.8. The molecule has 1 fully saturated rings. The quantitative estimate of drug-likeness (QED) is 0.385. The number of nitrogens with zero attached hydrogens (tertiary/aromatic N) is 2. The Morgan fingerprint density at radius 1 is 1.27 bits per heavy atom. The van der Waals surface area contributed by atoms with Crippen LogP contribution in [0.5, 0.6) is 11.5 Å². The Morgan fingerprint density at radius 3 is 2.66 bits per heavy atom. The Balaban J connectivity index is 1.42. The van der Waals surface area contributed by atoms with E-state index in [9.17, 15) is 19.5 Å².